The van der Waals surface area contributed by atoms with E-state index >= 15 is 0 Å². The number of hydrogen-bond donors (Lipinski definition) is 0. The molecule has 0 aliphatic carbocycles. The van der Waals surface area contributed by atoms with Gasteiger partial charge in [0.15, 0.2) is 11.8 Å². The number of aromatic nitrogens is 4. The van der Waals surface area contributed by atoms with E-state index in [9.17, 15) is 4.79 Å². The molecule has 3 rings (SSSR count). The van der Waals surface area contributed by atoms with Crippen molar-refractivity contribution in [1.82, 2.24) is 20.1 Å². The Morgan fingerprint density at radius 3 is 2.57 bits per heavy atom. The number of halogens is 1. The van der Waals surface area contributed by atoms with Gasteiger partial charge in [0.1, 0.15) is 0 Å². The van der Waals surface area contributed by atoms with E-state index in [4.69, 9.17) is 20.9 Å². The molecule has 1 aromatic carbocycles. The molecule has 146 valence electrons. The summed E-state index contributed by atoms with van der Waals surface area (Å²) in [5.41, 5.74) is 3.38. The van der Waals surface area contributed by atoms with Gasteiger partial charge in [0.25, 0.3) is 5.89 Å². The van der Waals surface area contributed by atoms with Crippen LogP contribution in [0.15, 0.2) is 33.9 Å². The molecule has 0 atom stereocenters. The molecule has 0 aliphatic rings. The molecule has 0 spiro atoms. The number of thioether (sulfide) groups is 1. The predicted octanol–water partition coefficient (Wildman–Crippen LogP) is 4.19. The first kappa shape index (κ1) is 20.3. The fraction of sp³-hybridized carbons (Fsp3) is 0.316. The Hall–Kier alpha value is -2.45. The van der Waals surface area contributed by atoms with Crippen molar-refractivity contribution in [2.45, 2.75) is 38.5 Å². The van der Waals surface area contributed by atoms with E-state index in [1.54, 1.807) is 12.1 Å². The van der Waals surface area contributed by atoms with Gasteiger partial charge in [0.2, 0.25) is 5.82 Å². The second-order valence-electron chi connectivity index (χ2n) is 6.01. The summed E-state index contributed by atoms with van der Waals surface area (Å²) in [5.74, 6) is 0.211. The fourth-order valence-electron chi connectivity index (χ4n) is 2.67. The molecule has 2 aromatic heterocycles. The van der Waals surface area contributed by atoms with Crippen LogP contribution in [0.5, 0.6) is 0 Å². The van der Waals surface area contributed by atoms with Crippen LogP contribution in [0, 0.1) is 13.8 Å². The summed E-state index contributed by atoms with van der Waals surface area (Å²) in [6, 6.07) is 7.18. The van der Waals surface area contributed by atoms with Gasteiger partial charge >= 0.3 is 5.97 Å². The lowest BCUT2D eigenvalue weighted by Crippen LogP contribution is -2.09. The highest BCUT2D eigenvalue weighted by Gasteiger charge is 2.15. The minimum atomic E-state index is -0.356. The summed E-state index contributed by atoms with van der Waals surface area (Å²) in [6.07, 6.45) is 2.66. The van der Waals surface area contributed by atoms with Crippen molar-refractivity contribution in [2.75, 3.05) is 6.26 Å². The van der Waals surface area contributed by atoms with Gasteiger partial charge in [0, 0.05) is 23.4 Å². The maximum absolute atomic E-state index is 12.1. The summed E-state index contributed by atoms with van der Waals surface area (Å²) in [6.45, 7) is 3.75. The first-order valence-electron chi connectivity index (χ1n) is 8.59. The number of ether oxygens (including phenoxy) is 1. The Kier molecular flexibility index (Phi) is 6.64. The van der Waals surface area contributed by atoms with Gasteiger partial charge in [0.05, 0.1) is 5.02 Å². The Balaban J connectivity index is 1.55. The number of carbonyl (C=O) groups is 1. The number of rotatable bonds is 7. The first-order valence-corrected chi connectivity index (χ1v) is 10.2. The molecule has 28 heavy (non-hydrogen) atoms. The second-order valence-corrected chi connectivity index (χ2v) is 7.19. The molecule has 0 N–H and O–H groups in total. The molecule has 2 heterocycles. The van der Waals surface area contributed by atoms with Crippen molar-refractivity contribution in [2.24, 2.45) is 0 Å². The highest BCUT2D eigenvalue weighted by Crippen LogP contribution is 2.25. The van der Waals surface area contributed by atoms with Crippen LogP contribution < -0.4 is 0 Å². The van der Waals surface area contributed by atoms with Gasteiger partial charge in [-0.1, -0.05) is 40.7 Å². The lowest BCUT2D eigenvalue weighted by molar-refractivity contribution is -0.145. The number of nitrogens with zero attached hydrogens (tertiary/aromatic N) is 4. The van der Waals surface area contributed by atoms with Crippen LogP contribution >= 0.6 is 23.4 Å². The lowest BCUT2D eigenvalue weighted by Gasteiger charge is -2.09. The van der Waals surface area contributed by atoms with E-state index in [-0.39, 0.29) is 24.9 Å². The van der Waals surface area contributed by atoms with E-state index in [0.29, 0.717) is 22.8 Å². The van der Waals surface area contributed by atoms with Gasteiger partial charge in [-0.25, -0.2) is 9.97 Å². The summed E-state index contributed by atoms with van der Waals surface area (Å²) < 4.78 is 10.4. The smallest absolute Gasteiger partial charge is 0.306 e. The van der Waals surface area contributed by atoms with Gasteiger partial charge in [-0.05, 0) is 44.2 Å². The minimum Gasteiger partial charge on any atom is -0.456 e. The quantitative estimate of drug-likeness (QED) is 0.320. The standard InChI is InChI=1S/C19H19ClN4O3S/c1-11-13(12(2)22-19(21-11)28-3)8-9-17(25)26-10-16-23-18(24-27-16)14-6-4-5-7-15(14)20/h4-7H,8-10H2,1-3H3. The lowest BCUT2D eigenvalue weighted by atomic mass is 10.1. The fourth-order valence-corrected chi connectivity index (χ4v) is 3.35. The maximum atomic E-state index is 12.1. The highest BCUT2D eigenvalue weighted by atomic mass is 35.5. The number of esters is 1. The molecule has 0 saturated carbocycles. The number of aryl methyl sites for hydroxylation is 2. The zero-order chi connectivity index (χ0) is 20.1. The van der Waals surface area contributed by atoms with E-state index in [1.807, 2.05) is 32.2 Å². The summed E-state index contributed by atoms with van der Waals surface area (Å²) >= 11 is 7.61. The number of benzene rings is 1. The van der Waals surface area contributed by atoms with E-state index in [2.05, 4.69) is 20.1 Å². The first-order chi connectivity index (χ1) is 13.5. The van der Waals surface area contributed by atoms with Crippen LogP contribution in [-0.4, -0.2) is 32.3 Å². The maximum Gasteiger partial charge on any atom is 0.306 e. The highest BCUT2D eigenvalue weighted by molar-refractivity contribution is 7.98. The van der Waals surface area contributed by atoms with Crippen LogP contribution in [0.2, 0.25) is 5.02 Å². The van der Waals surface area contributed by atoms with E-state index < -0.39 is 0 Å². The zero-order valence-corrected chi connectivity index (χ0v) is 17.3. The molecule has 0 amide bonds. The molecule has 0 bridgehead atoms. The van der Waals surface area contributed by atoms with Crippen LogP contribution in [0.3, 0.4) is 0 Å². The molecule has 0 fully saturated rings. The third kappa shape index (κ3) is 4.88. The summed E-state index contributed by atoms with van der Waals surface area (Å²) in [7, 11) is 0. The average molecular weight is 419 g/mol. The monoisotopic (exact) mass is 418 g/mol. The van der Waals surface area contributed by atoms with E-state index in [1.165, 1.54) is 11.8 Å². The van der Waals surface area contributed by atoms with Crippen LogP contribution in [0.25, 0.3) is 11.4 Å². The number of carbonyl (C=O) groups excluding carboxylic acids is 1. The predicted molar refractivity (Wildman–Crippen MR) is 106 cm³/mol. The van der Waals surface area contributed by atoms with Crippen LogP contribution in [-0.2, 0) is 22.6 Å². The normalized spacial score (nSPS) is 10.9. The van der Waals surface area contributed by atoms with Crippen molar-refractivity contribution in [1.29, 1.82) is 0 Å². The third-order valence-corrected chi connectivity index (χ3v) is 4.98. The van der Waals surface area contributed by atoms with Crippen molar-refractivity contribution in [3.63, 3.8) is 0 Å². The van der Waals surface area contributed by atoms with Crippen molar-refractivity contribution >= 4 is 29.3 Å². The van der Waals surface area contributed by atoms with Gasteiger partial charge in [-0.15, -0.1) is 0 Å². The molecular weight excluding hydrogens is 400 g/mol. The molecular formula is C19H19ClN4O3S. The second kappa shape index (κ2) is 9.16. The molecule has 0 aliphatic heterocycles. The van der Waals surface area contributed by atoms with Gasteiger partial charge < -0.3 is 9.26 Å². The Morgan fingerprint density at radius 2 is 1.89 bits per heavy atom. The van der Waals surface area contributed by atoms with Crippen LogP contribution in [0.1, 0.15) is 29.3 Å². The molecule has 7 nitrogen and oxygen atoms in total. The van der Waals surface area contributed by atoms with Gasteiger partial charge in [-0.3, -0.25) is 4.79 Å². The summed E-state index contributed by atoms with van der Waals surface area (Å²) in [5, 5.41) is 5.13. The number of hydrogen-bond acceptors (Lipinski definition) is 8. The Morgan fingerprint density at radius 1 is 1.18 bits per heavy atom. The van der Waals surface area contributed by atoms with E-state index in [0.717, 1.165) is 22.1 Å². The largest absolute Gasteiger partial charge is 0.456 e. The topological polar surface area (TPSA) is 91.0 Å². The Bertz CT molecular complexity index is 970. The van der Waals surface area contributed by atoms with Crippen molar-refractivity contribution < 1.29 is 14.1 Å². The average Bonchev–Trinajstić information content (AvgIpc) is 3.14. The minimum absolute atomic E-state index is 0.0871. The molecule has 0 unspecified atom stereocenters. The van der Waals surface area contributed by atoms with Crippen molar-refractivity contribution in [3.05, 3.63) is 52.1 Å². The van der Waals surface area contributed by atoms with Gasteiger partial charge in [-0.2, -0.15) is 4.98 Å². The molecule has 0 saturated heterocycles. The zero-order valence-electron chi connectivity index (χ0n) is 15.7. The van der Waals surface area contributed by atoms with Crippen molar-refractivity contribution in [3.8, 4) is 11.4 Å². The SMILES string of the molecule is CSc1nc(C)c(CCC(=O)OCc2nc(-c3ccccc3Cl)no2)c(C)n1. The molecule has 9 heteroatoms. The summed E-state index contributed by atoms with van der Waals surface area (Å²) in [4.78, 5) is 25.1. The molecule has 3 aromatic rings. The van der Waals surface area contributed by atoms with Crippen LogP contribution in [0.4, 0.5) is 0 Å². The Labute approximate surface area is 171 Å². The molecule has 0 radical (unpaired) electrons. The third-order valence-electron chi connectivity index (χ3n) is 4.10.